The first-order valence-electron chi connectivity index (χ1n) is 5.47. The quantitative estimate of drug-likeness (QED) is 0.310. The van der Waals surface area contributed by atoms with E-state index in [-0.39, 0.29) is 11.4 Å². The number of nitrogens with two attached hydrogens (primary N) is 2. The monoisotopic (exact) mass is 230 g/mol. The van der Waals surface area contributed by atoms with E-state index in [0.29, 0.717) is 19.6 Å². The Labute approximate surface area is 97.2 Å². The molecule has 94 valence electrons. The fourth-order valence-electron chi connectivity index (χ4n) is 0.951. The van der Waals surface area contributed by atoms with Gasteiger partial charge in [-0.1, -0.05) is 6.92 Å². The summed E-state index contributed by atoms with van der Waals surface area (Å²) in [5.41, 5.74) is 4.92. The number of aliphatic hydroxyl groups is 1. The summed E-state index contributed by atoms with van der Waals surface area (Å²) in [6, 6.07) is 0. The van der Waals surface area contributed by atoms with E-state index < -0.39 is 6.10 Å². The third-order valence-electron chi connectivity index (χ3n) is 2.06. The van der Waals surface area contributed by atoms with E-state index in [9.17, 15) is 5.11 Å². The molecule has 0 fully saturated rings. The number of hydrogen-bond acceptors (Lipinski definition) is 3. The molecule has 0 aliphatic carbocycles. The lowest BCUT2D eigenvalue weighted by Gasteiger charge is -2.26. The molecule has 0 spiro atoms. The van der Waals surface area contributed by atoms with Crippen LogP contribution in [0.5, 0.6) is 0 Å². The van der Waals surface area contributed by atoms with Crippen molar-refractivity contribution in [2.75, 3.05) is 13.2 Å². The summed E-state index contributed by atoms with van der Waals surface area (Å²) in [4.78, 5) is 0. The Morgan fingerprint density at radius 2 is 2.25 bits per heavy atom. The zero-order valence-electron chi connectivity index (χ0n) is 10.4. The molecule has 0 saturated heterocycles. The summed E-state index contributed by atoms with van der Waals surface area (Å²) >= 11 is 0. The average Bonchev–Trinajstić information content (AvgIpc) is 2.21. The lowest BCUT2D eigenvalue weighted by Crippen LogP contribution is -2.44. The summed E-state index contributed by atoms with van der Waals surface area (Å²) in [5.74, 6) is 0.257. The molecule has 0 radical (unpaired) electrons. The van der Waals surface area contributed by atoms with Crippen LogP contribution in [0.1, 0.15) is 27.2 Å². The number of aliphatic hydroxyl groups excluding tert-OH is 1. The Morgan fingerprint density at radius 1 is 1.62 bits per heavy atom. The minimum atomic E-state index is -0.400. The second-order valence-electron chi connectivity index (χ2n) is 4.35. The van der Waals surface area contributed by atoms with Crippen LogP contribution < -0.4 is 16.5 Å². The van der Waals surface area contributed by atoms with Crippen molar-refractivity contribution >= 4 is 5.84 Å². The predicted molar refractivity (Wildman–Crippen MR) is 64.6 cm³/mol. The molecule has 0 aromatic rings. The van der Waals surface area contributed by atoms with Crippen LogP contribution >= 0.6 is 0 Å². The smallest absolute Gasteiger partial charge is 0.264 e. The van der Waals surface area contributed by atoms with Crippen molar-refractivity contribution in [1.29, 1.82) is 0 Å². The molecule has 1 atom stereocenters. The first-order chi connectivity index (χ1) is 7.37. The van der Waals surface area contributed by atoms with Gasteiger partial charge >= 0.3 is 0 Å². The molecule has 6 N–H and O–H groups in total. The molecule has 5 nitrogen and oxygen atoms in total. The molecular formula is C11H24N3O2+. The SMILES string of the molecule is CC[C@@H](O)COC(C)(C)CN/C=C\C(N)=[NH2+]. The molecule has 0 rings (SSSR count). The Balaban J connectivity index is 3.82. The molecule has 0 heterocycles. The zero-order chi connectivity index (χ0) is 12.6. The molecule has 0 aromatic heterocycles. The van der Waals surface area contributed by atoms with Gasteiger partial charge in [-0.15, -0.1) is 0 Å². The zero-order valence-corrected chi connectivity index (χ0v) is 10.4. The Hall–Kier alpha value is -1.07. The highest BCUT2D eigenvalue weighted by Gasteiger charge is 2.18. The predicted octanol–water partition coefficient (Wildman–Crippen LogP) is -1.23. The highest BCUT2D eigenvalue weighted by Crippen LogP contribution is 2.08. The first-order valence-corrected chi connectivity index (χ1v) is 5.47. The molecular weight excluding hydrogens is 206 g/mol. The Kier molecular flexibility index (Phi) is 6.76. The van der Waals surface area contributed by atoms with E-state index in [0.717, 1.165) is 0 Å². The fourth-order valence-corrected chi connectivity index (χ4v) is 0.951. The maximum atomic E-state index is 9.37. The van der Waals surface area contributed by atoms with Gasteiger partial charge in [-0.2, -0.15) is 0 Å². The van der Waals surface area contributed by atoms with Crippen molar-refractivity contribution in [3.63, 3.8) is 0 Å². The van der Waals surface area contributed by atoms with Crippen LogP contribution in [0.4, 0.5) is 0 Å². The molecule has 5 heteroatoms. The van der Waals surface area contributed by atoms with E-state index in [4.69, 9.17) is 15.9 Å². The number of nitrogens with one attached hydrogen (secondary N) is 1. The molecule has 0 saturated carbocycles. The second kappa shape index (κ2) is 7.24. The largest absolute Gasteiger partial charge is 0.391 e. The van der Waals surface area contributed by atoms with Crippen molar-refractivity contribution in [3.05, 3.63) is 12.3 Å². The molecule has 16 heavy (non-hydrogen) atoms. The summed E-state index contributed by atoms with van der Waals surface area (Å²) in [6.45, 7) is 6.78. The normalized spacial score (nSPS) is 14.0. The van der Waals surface area contributed by atoms with Gasteiger partial charge in [0, 0.05) is 18.8 Å². The van der Waals surface area contributed by atoms with Gasteiger partial charge in [0.1, 0.15) is 0 Å². The van der Waals surface area contributed by atoms with Gasteiger partial charge in [0.15, 0.2) is 0 Å². The van der Waals surface area contributed by atoms with Gasteiger partial charge < -0.3 is 15.2 Å². The highest BCUT2D eigenvalue weighted by molar-refractivity contribution is 5.85. The van der Waals surface area contributed by atoms with Crippen molar-refractivity contribution in [2.24, 2.45) is 5.73 Å². The lowest BCUT2D eigenvalue weighted by atomic mass is 10.1. The molecule has 0 aliphatic rings. The van der Waals surface area contributed by atoms with Crippen molar-refractivity contribution in [1.82, 2.24) is 5.32 Å². The number of ether oxygens (including phenoxy) is 1. The number of rotatable bonds is 8. The number of hydrogen-bond donors (Lipinski definition) is 4. The van der Waals surface area contributed by atoms with E-state index in [1.54, 1.807) is 12.3 Å². The topological polar surface area (TPSA) is 93.1 Å². The van der Waals surface area contributed by atoms with Gasteiger partial charge in [0.25, 0.3) is 5.84 Å². The minimum absolute atomic E-state index is 0.257. The van der Waals surface area contributed by atoms with E-state index in [2.05, 4.69) is 5.32 Å². The number of amidine groups is 1. The van der Waals surface area contributed by atoms with Gasteiger partial charge in [0.2, 0.25) is 0 Å². The van der Waals surface area contributed by atoms with Crippen molar-refractivity contribution in [2.45, 2.75) is 38.9 Å². The lowest BCUT2D eigenvalue weighted by molar-refractivity contribution is -0.113. The van der Waals surface area contributed by atoms with E-state index in [1.807, 2.05) is 20.8 Å². The van der Waals surface area contributed by atoms with Crippen LogP contribution in [-0.4, -0.2) is 35.8 Å². The maximum Gasteiger partial charge on any atom is 0.264 e. The second-order valence-corrected chi connectivity index (χ2v) is 4.35. The van der Waals surface area contributed by atoms with Gasteiger partial charge in [0.05, 0.1) is 18.3 Å². The van der Waals surface area contributed by atoms with Crippen molar-refractivity contribution in [3.8, 4) is 0 Å². The summed E-state index contributed by atoms with van der Waals surface area (Å²) < 4.78 is 5.57. The first kappa shape index (κ1) is 14.9. The molecule has 0 amide bonds. The van der Waals surface area contributed by atoms with Crippen LogP contribution in [0.25, 0.3) is 0 Å². The standard InChI is InChI=1S/C11H23N3O2/c1-4-9(15)7-16-11(2,3)8-14-6-5-10(12)13/h5-6,9,14-15H,4,7-8H2,1-3H3,(H3,12,13)/p+1/b6-5-/t9-/m1/s1. The fraction of sp³-hybridized carbons (Fsp3) is 0.727. The van der Waals surface area contributed by atoms with Gasteiger partial charge in [-0.05, 0) is 20.3 Å². The van der Waals surface area contributed by atoms with Gasteiger partial charge in [-0.3, -0.25) is 11.1 Å². The third kappa shape index (κ3) is 8.26. The van der Waals surface area contributed by atoms with Crippen LogP contribution in [0.3, 0.4) is 0 Å². The van der Waals surface area contributed by atoms with Crippen LogP contribution in [0.15, 0.2) is 12.3 Å². The van der Waals surface area contributed by atoms with E-state index in [1.165, 1.54) is 0 Å². The highest BCUT2D eigenvalue weighted by atomic mass is 16.5. The molecule has 0 unspecified atom stereocenters. The Bertz CT molecular complexity index is 239. The molecule has 0 aromatic carbocycles. The van der Waals surface area contributed by atoms with Crippen LogP contribution in [-0.2, 0) is 4.74 Å². The molecule has 0 bridgehead atoms. The molecule has 0 aliphatic heterocycles. The summed E-state index contributed by atoms with van der Waals surface area (Å²) in [7, 11) is 0. The van der Waals surface area contributed by atoms with Crippen LogP contribution in [0, 0.1) is 0 Å². The van der Waals surface area contributed by atoms with Crippen molar-refractivity contribution < 1.29 is 15.3 Å². The summed E-state index contributed by atoms with van der Waals surface area (Å²) in [6.07, 6.45) is 3.55. The Morgan fingerprint density at radius 3 is 2.75 bits per heavy atom. The maximum absolute atomic E-state index is 9.37. The van der Waals surface area contributed by atoms with Gasteiger partial charge in [-0.25, -0.2) is 0 Å². The van der Waals surface area contributed by atoms with Crippen LogP contribution in [0.2, 0.25) is 0 Å². The third-order valence-corrected chi connectivity index (χ3v) is 2.06. The minimum Gasteiger partial charge on any atom is -0.391 e. The van der Waals surface area contributed by atoms with E-state index >= 15 is 0 Å². The average molecular weight is 230 g/mol. The summed E-state index contributed by atoms with van der Waals surface area (Å²) in [5, 5.41) is 17.7.